The third-order valence-corrected chi connectivity index (χ3v) is 2.51. The lowest BCUT2D eigenvalue weighted by Crippen LogP contribution is -2.32. The largest absolute Gasteiger partial charge is 0.454 e. The molecule has 0 amide bonds. The molecule has 1 aromatic rings. The highest BCUT2D eigenvalue weighted by atomic mass is 16.7. The molecule has 5 nitrogen and oxygen atoms in total. The van der Waals surface area contributed by atoms with Gasteiger partial charge in [0.25, 0.3) is 0 Å². The second kappa shape index (κ2) is 4.59. The molecule has 1 unspecified atom stereocenters. The van der Waals surface area contributed by atoms with E-state index in [1.807, 2.05) is 19.1 Å². The first-order chi connectivity index (χ1) is 7.70. The van der Waals surface area contributed by atoms with Crippen LogP contribution in [0.1, 0.15) is 5.56 Å². The van der Waals surface area contributed by atoms with Crippen molar-refractivity contribution in [2.75, 3.05) is 25.3 Å². The Hall–Kier alpha value is -1.46. The zero-order chi connectivity index (χ0) is 11.5. The van der Waals surface area contributed by atoms with Gasteiger partial charge in [0.1, 0.15) is 0 Å². The summed E-state index contributed by atoms with van der Waals surface area (Å²) in [5.74, 6) is 1.51. The monoisotopic (exact) mass is 224 g/mol. The summed E-state index contributed by atoms with van der Waals surface area (Å²) in [6.07, 6.45) is 0. The van der Waals surface area contributed by atoms with Gasteiger partial charge in [-0.25, -0.2) is 0 Å². The molecule has 0 aromatic heterocycles. The first-order valence-electron chi connectivity index (χ1n) is 5.21. The van der Waals surface area contributed by atoms with Crippen molar-refractivity contribution in [2.45, 2.75) is 13.0 Å². The summed E-state index contributed by atoms with van der Waals surface area (Å²) in [4.78, 5) is 0. The minimum absolute atomic E-state index is 0.0312. The molecule has 4 N–H and O–H groups in total. The Balaban J connectivity index is 2.09. The van der Waals surface area contributed by atoms with Gasteiger partial charge in [0.15, 0.2) is 11.5 Å². The van der Waals surface area contributed by atoms with Gasteiger partial charge in [-0.05, 0) is 18.6 Å². The molecule has 0 spiro atoms. The molecule has 1 aliphatic rings. The molecule has 0 bridgehead atoms. The van der Waals surface area contributed by atoms with Gasteiger partial charge in [0.05, 0.1) is 6.61 Å². The Morgan fingerprint density at radius 1 is 1.44 bits per heavy atom. The molecular weight excluding hydrogens is 208 g/mol. The number of fused-ring (bicyclic) bond motifs is 1. The van der Waals surface area contributed by atoms with Crippen LogP contribution in [0.5, 0.6) is 11.5 Å². The predicted molar refractivity (Wildman–Crippen MR) is 60.9 cm³/mol. The average Bonchev–Trinajstić information content (AvgIpc) is 2.72. The van der Waals surface area contributed by atoms with E-state index in [-0.39, 0.29) is 19.4 Å². The molecule has 0 fully saturated rings. The van der Waals surface area contributed by atoms with Crippen LogP contribution in [0.15, 0.2) is 12.1 Å². The van der Waals surface area contributed by atoms with Gasteiger partial charge in [-0.2, -0.15) is 0 Å². The van der Waals surface area contributed by atoms with E-state index in [1.54, 1.807) is 0 Å². The normalized spacial score (nSPS) is 14.9. The van der Waals surface area contributed by atoms with Crippen LogP contribution in [0, 0.1) is 6.92 Å². The second-order valence-corrected chi connectivity index (χ2v) is 3.84. The molecule has 1 aromatic carbocycles. The quantitative estimate of drug-likeness (QED) is 0.692. The summed E-state index contributed by atoms with van der Waals surface area (Å²) in [5.41, 5.74) is 7.63. The molecule has 1 atom stereocenters. The second-order valence-electron chi connectivity index (χ2n) is 3.84. The number of ether oxygens (including phenoxy) is 2. The number of aliphatic hydroxyl groups excluding tert-OH is 1. The average molecular weight is 224 g/mol. The zero-order valence-electron chi connectivity index (χ0n) is 9.19. The van der Waals surface area contributed by atoms with Crippen molar-refractivity contribution in [1.29, 1.82) is 0 Å². The molecular formula is C11H16N2O3. The number of nitrogens with two attached hydrogens (primary N) is 1. The minimum atomic E-state index is -0.259. The van der Waals surface area contributed by atoms with Crippen molar-refractivity contribution in [1.82, 2.24) is 0 Å². The van der Waals surface area contributed by atoms with E-state index in [9.17, 15) is 0 Å². The summed E-state index contributed by atoms with van der Waals surface area (Å²) >= 11 is 0. The van der Waals surface area contributed by atoms with E-state index < -0.39 is 0 Å². The van der Waals surface area contributed by atoms with E-state index in [4.69, 9.17) is 20.3 Å². The van der Waals surface area contributed by atoms with Crippen LogP contribution in [0.25, 0.3) is 0 Å². The van der Waals surface area contributed by atoms with Gasteiger partial charge in [0, 0.05) is 24.3 Å². The van der Waals surface area contributed by atoms with Crippen LogP contribution in [0.3, 0.4) is 0 Å². The number of rotatable bonds is 4. The van der Waals surface area contributed by atoms with E-state index in [0.717, 1.165) is 22.7 Å². The minimum Gasteiger partial charge on any atom is -0.454 e. The van der Waals surface area contributed by atoms with Crippen LogP contribution >= 0.6 is 0 Å². The Morgan fingerprint density at radius 2 is 2.12 bits per heavy atom. The van der Waals surface area contributed by atoms with Gasteiger partial charge in [-0.1, -0.05) is 0 Å². The fraction of sp³-hybridized carbons (Fsp3) is 0.455. The maximum atomic E-state index is 8.83. The third kappa shape index (κ3) is 2.20. The summed E-state index contributed by atoms with van der Waals surface area (Å²) in [6.45, 7) is 2.75. The van der Waals surface area contributed by atoms with E-state index in [1.165, 1.54) is 0 Å². The summed E-state index contributed by atoms with van der Waals surface area (Å²) < 4.78 is 10.6. The molecule has 1 aliphatic heterocycles. The summed E-state index contributed by atoms with van der Waals surface area (Å²) in [5, 5.41) is 12.0. The molecule has 0 aliphatic carbocycles. The Labute approximate surface area is 94.2 Å². The smallest absolute Gasteiger partial charge is 0.231 e. The van der Waals surface area contributed by atoms with Crippen LogP contribution in [-0.2, 0) is 0 Å². The van der Waals surface area contributed by atoms with Crippen molar-refractivity contribution in [3.05, 3.63) is 17.7 Å². The van der Waals surface area contributed by atoms with E-state index >= 15 is 0 Å². The van der Waals surface area contributed by atoms with Gasteiger partial charge in [0.2, 0.25) is 6.79 Å². The zero-order valence-corrected chi connectivity index (χ0v) is 9.19. The van der Waals surface area contributed by atoms with Gasteiger partial charge in [-0.3, -0.25) is 0 Å². The van der Waals surface area contributed by atoms with Gasteiger partial charge in [-0.15, -0.1) is 0 Å². The third-order valence-electron chi connectivity index (χ3n) is 2.51. The predicted octanol–water partition coefficient (Wildman–Crippen LogP) is 0.455. The van der Waals surface area contributed by atoms with Crippen molar-refractivity contribution in [3.8, 4) is 11.5 Å². The molecule has 1 heterocycles. The topological polar surface area (TPSA) is 76.7 Å². The molecule has 16 heavy (non-hydrogen) atoms. The number of hydrogen-bond acceptors (Lipinski definition) is 5. The molecule has 5 heteroatoms. The lowest BCUT2D eigenvalue weighted by atomic mass is 10.1. The number of benzene rings is 1. The van der Waals surface area contributed by atoms with Crippen molar-refractivity contribution >= 4 is 5.69 Å². The SMILES string of the molecule is Cc1cc2c(cc1NCC(N)CO)OCO2. The molecule has 0 saturated carbocycles. The molecule has 88 valence electrons. The Morgan fingerprint density at radius 3 is 2.81 bits per heavy atom. The van der Waals surface area contributed by atoms with Crippen molar-refractivity contribution in [2.24, 2.45) is 5.73 Å². The van der Waals surface area contributed by atoms with Crippen LogP contribution in [-0.4, -0.2) is 31.1 Å². The van der Waals surface area contributed by atoms with E-state index in [0.29, 0.717) is 6.54 Å². The number of nitrogens with one attached hydrogen (secondary N) is 1. The van der Waals surface area contributed by atoms with E-state index in [2.05, 4.69) is 5.32 Å². The van der Waals surface area contributed by atoms with Crippen LogP contribution in [0.4, 0.5) is 5.69 Å². The standard InChI is InChI=1S/C11H16N2O3/c1-7-2-10-11(16-6-15-10)3-9(7)13-4-8(12)5-14/h2-3,8,13-14H,4-6,12H2,1H3. The van der Waals surface area contributed by atoms with Crippen molar-refractivity contribution < 1.29 is 14.6 Å². The number of aryl methyl sites for hydroxylation is 1. The van der Waals surface area contributed by atoms with Gasteiger partial charge < -0.3 is 25.6 Å². The summed E-state index contributed by atoms with van der Waals surface area (Å²) in [7, 11) is 0. The maximum absolute atomic E-state index is 8.83. The highest BCUT2D eigenvalue weighted by Gasteiger charge is 2.15. The number of anilines is 1. The first-order valence-corrected chi connectivity index (χ1v) is 5.21. The highest BCUT2D eigenvalue weighted by Crippen LogP contribution is 2.36. The Kier molecular flexibility index (Phi) is 3.17. The van der Waals surface area contributed by atoms with Crippen LogP contribution < -0.4 is 20.5 Å². The Bertz CT molecular complexity index is 382. The molecule has 0 saturated heterocycles. The number of aliphatic hydroxyl groups is 1. The van der Waals surface area contributed by atoms with Gasteiger partial charge >= 0.3 is 0 Å². The maximum Gasteiger partial charge on any atom is 0.231 e. The lowest BCUT2D eigenvalue weighted by Gasteiger charge is -2.13. The number of hydrogen-bond donors (Lipinski definition) is 3. The lowest BCUT2D eigenvalue weighted by molar-refractivity contribution is 0.174. The molecule has 0 radical (unpaired) electrons. The molecule has 2 rings (SSSR count). The summed E-state index contributed by atoms with van der Waals surface area (Å²) in [6, 6.07) is 3.56. The fourth-order valence-corrected chi connectivity index (χ4v) is 1.54. The highest BCUT2D eigenvalue weighted by molar-refractivity contribution is 5.60. The first kappa shape index (κ1) is 11.0. The van der Waals surface area contributed by atoms with Crippen LogP contribution in [0.2, 0.25) is 0 Å². The van der Waals surface area contributed by atoms with Crippen molar-refractivity contribution in [3.63, 3.8) is 0 Å². The fourth-order valence-electron chi connectivity index (χ4n) is 1.54.